The topological polar surface area (TPSA) is 60.5 Å². The predicted octanol–water partition coefficient (Wildman–Crippen LogP) is 2.32. The number of aromatic nitrogens is 1. The van der Waals surface area contributed by atoms with Crippen LogP contribution in [0, 0.1) is 0 Å². The van der Waals surface area contributed by atoms with Crippen LogP contribution in [0.1, 0.15) is 17.5 Å². The number of nitrogens with two attached hydrogens (primary N) is 1. The molecule has 0 radical (unpaired) electrons. The number of hydrogen-bond acceptors (Lipinski definition) is 4. The van der Waals surface area contributed by atoms with Gasteiger partial charge in [0.15, 0.2) is 0 Å². The van der Waals surface area contributed by atoms with Gasteiger partial charge in [0, 0.05) is 18.2 Å². The van der Waals surface area contributed by atoms with Crippen LogP contribution in [0.25, 0.3) is 11.3 Å². The summed E-state index contributed by atoms with van der Waals surface area (Å²) in [6.45, 7) is 0.603. The van der Waals surface area contributed by atoms with Crippen LogP contribution in [0.3, 0.4) is 0 Å². The summed E-state index contributed by atoms with van der Waals surface area (Å²) in [7, 11) is 0. The second-order valence-corrected chi connectivity index (χ2v) is 5.84. The van der Waals surface area contributed by atoms with E-state index in [2.05, 4.69) is 28.2 Å². The third kappa shape index (κ3) is 2.17. The van der Waals surface area contributed by atoms with Gasteiger partial charge in [-0.3, -0.25) is 4.98 Å². The number of rotatable bonds is 1. The first-order chi connectivity index (χ1) is 10.2. The molecule has 1 aliphatic carbocycles. The normalized spacial score (nSPS) is 23.5. The molecule has 2 aliphatic rings. The molecule has 4 rings (SSSR count). The lowest BCUT2D eigenvalue weighted by molar-refractivity contribution is 0.235. The number of pyridine rings is 1. The second kappa shape index (κ2) is 4.58. The van der Waals surface area contributed by atoms with Gasteiger partial charge in [-0.1, -0.05) is 18.2 Å². The summed E-state index contributed by atoms with van der Waals surface area (Å²) in [5.74, 6) is 0. The van der Waals surface area contributed by atoms with Crippen molar-refractivity contribution in [3.63, 3.8) is 0 Å². The van der Waals surface area contributed by atoms with Crippen molar-refractivity contribution in [3.8, 4) is 11.3 Å². The molecule has 2 aromatic rings. The van der Waals surface area contributed by atoms with Gasteiger partial charge in [-0.25, -0.2) is 4.99 Å². The molecule has 0 saturated heterocycles. The van der Waals surface area contributed by atoms with Gasteiger partial charge in [0.2, 0.25) is 0 Å². The third-order valence-corrected chi connectivity index (χ3v) is 4.38. The SMILES string of the molecule is NC1=NC2(CCc3ccc(-c4ccccn4)cc3C2)CO1. The maximum Gasteiger partial charge on any atom is 0.282 e. The van der Waals surface area contributed by atoms with Crippen LogP contribution in [-0.4, -0.2) is 23.2 Å². The van der Waals surface area contributed by atoms with Crippen molar-refractivity contribution in [2.24, 2.45) is 10.7 Å². The van der Waals surface area contributed by atoms with Gasteiger partial charge in [0.05, 0.1) is 5.69 Å². The lowest BCUT2D eigenvalue weighted by Gasteiger charge is -2.30. The molecule has 0 saturated carbocycles. The van der Waals surface area contributed by atoms with E-state index in [1.165, 1.54) is 11.1 Å². The van der Waals surface area contributed by atoms with E-state index in [9.17, 15) is 0 Å². The van der Waals surface area contributed by atoms with Crippen LogP contribution in [0.5, 0.6) is 0 Å². The van der Waals surface area contributed by atoms with Gasteiger partial charge in [0.1, 0.15) is 12.1 Å². The number of aryl methyl sites for hydroxylation is 1. The molecule has 0 bridgehead atoms. The monoisotopic (exact) mass is 279 g/mol. The lowest BCUT2D eigenvalue weighted by atomic mass is 9.78. The molecule has 4 nitrogen and oxygen atoms in total. The Kier molecular flexibility index (Phi) is 2.70. The number of ether oxygens (including phenoxy) is 1. The molecular weight excluding hydrogens is 262 g/mol. The summed E-state index contributed by atoms with van der Waals surface area (Å²) in [5, 5.41) is 0. The first-order valence-corrected chi connectivity index (χ1v) is 7.25. The van der Waals surface area contributed by atoms with Crippen molar-refractivity contribution in [3.05, 3.63) is 53.7 Å². The van der Waals surface area contributed by atoms with Crippen molar-refractivity contribution < 1.29 is 4.74 Å². The number of amidine groups is 1. The van der Waals surface area contributed by atoms with Crippen molar-refractivity contribution in [1.82, 2.24) is 4.98 Å². The zero-order chi connectivity index (χ0) is 14.3. The van der Waals surface area contributed by atoms with E-state index in [1.807, 2.05) is 24.4 Å². The molecule has 1 aromatic heterocycles. The predicted molar refractivity (Wildman–Crippen MR) is 82.0 cm³/mol. The molecule has 1 atom stereocenters. The van der Waals surface area contributed by atoms with Crippen LogP contribution >= 0.6 is 0 Å². The molecule has 0 amide bonds. The fraction of sp³-hybridized carbons (Fsp3) is 0.294. The summed E-state index contributed by atoms with van der Waals surface area (Å²) >= 11 is 0. The number of fused-ring (bicyclic) bond motifs is 1. The van der Waals surface area contributed by atoms with Crippen LogP contribution < -0.4 is 5.73 Å². The highest BCUT2D eigenvalue weighted by molar-refractivity contribution is 5.74. The number of nitrogens with zero attached hydrogens (tertiary/aromatic N) is 2. The Morgan fingerprint density at radius 2 is 2.10 bits per heavy atom. The van der Waals surface area contributed by atoms with Gasteiger partial charge in [-0.2, -0.15) is 0 Å². The maximum absolute atomic E-state index is 5.70. The Balaban J connectivity index is 1.71. The lowest BCUT2D eigenvalue weighted by Crippen LogP contribution is -2.35. The molecule has 1 aromatic carbocycles. The molecule has 1 unspecified atom stereocenters. The van der Waals surface area contributed by atoms with E-state index in [0.717, 1.165) is 30.5 Å². The van der Waals surface area contributed by atoms with Gasteiger partial charge in [-0.15, -0.1) is 0 Å². The number of benzene rings is 1. The summed E-state index contributed by atoms with van der Waals surface area (Å²) in [4.78, 5) is 8.96. The Bertz CT molecular complexity index is 711. The van der Waals surface area contributed by atoms with Gasteiger partial charge < -0.3 is 10.5 Å². The highest BCUT2D eigenvalue weighted by Crippen LogP contribution is 2.36. The first kappa shape index (κ1) is 12.4. The zero-order valence-electron chi connectivity index (χ0n) is 11.7. The van der Waals surface area contributed by atoms with Crippen LogP contribution in [0.4, 0.5) is 0 Å². The van der Waals surface area contributed by atoms with Crippen molar-refractivity contribution in [2.45, 2.75) is 24.8 Å². The Morgan fingerprint density at radius 3 is 2.86 bits per heavy atom. The first-order valence-electron chi connectivity index (χ1n) is 7.25. The van der Waals surface area contributed by atoms with E-state index < -0.39 is 0 Å². The van der Waals surface area contributed by atoms with E-state index in [4.69, 9.17) is 10.5 Å². The minimum absolute atomic E-state index is 0.153. The molecule has 2 N–H and O–H groups in total. The highest BCUT2D eigenvalue weighted by atomic mass is 16.5. The molecule has 0 fully saturated rings. The molecular formula is C17H17N3O. The minimum Gasteiger partial charge on any atom is -0.463 e. The minimum atomic E-state index is -0.153. The largest absolute Gasteiger partial charge is 0.463 e. The van der Waals surface area contributed by atoms with Crippen LogP contribution in [-0.2, 0) is 17.6 Å². The van der Waals surface area contributed by atoms with Crippen molar-refractivity contribution >= 4 is 6.02 Å². The van der Waals surface area contributed by atoms with E-state index >= 15 is 0 Å². The van der Waals surface area contributed by atoms with Gasteiger partial charge >= 0.3 is 0 Å². The van der Waals surface area contributed by atoms with E-state index in [1.54, 1.807) is 0 Å². The standard InChI is InChI=1S/C17H17N3O/c18-16-20-17(11-21-16)7-6-12-4-5-13(9-14(12)10-17)15-3-1-2-8-19-15/h1-5,8-9H,6-7,10-11H2,(H2,18,20). The third-order valence-electron chi connectivity index (χ3n) is 4.38. The summed E-state index contributed by atoms with van der Waals surface area (Å²) in [5.41, 5.74) is 10.4. The molecule has 1 spiro atoms. The summed E-state index contributed by atoms with van der Waals surface area (Å²) < 4.78 is 5.39. The Hall–Kier alpha value is -2.36. The average molecular weight is 279 g/mol. The zero-order valence-corrected chi connectivity index (χ0v) is 11.7. The van der Waals surface area contributed by atoms with Crippen molar-refractivity contribution in [2.75, 3.05) is 6.61 Å². The molecule has 1 aliphatic heterocycles. The quantitative estimate of drug-likeness (QED) is 0.871. The Labute approximate surface area is 123 Å². The molecule has 21 heavy (non-hydrogen) atoms. The molecule has 4 heteroatoms. The number of hydrogen-bond donors (Lipinski definition) is 1. The van der Waals surface area contributed by atoms with Gasteiger partial charge in [0.25, 0.3) is 6.02 Å². The fourth-order valence-corrected chi connectivity index (χ4v) is 3.26. The van der Waals surface area contributed by atoms with Crippen LogP contribution in [0.15, 0.2) is 47.6 Å². The maximum atomic E-state index is 5.70. The fourth-order valence-electron chi connectivity index (χ4n) is 3.26. The van der Waals surface area contributed by atoms with Crippen molar-refractivity contribution in [1.29, 1.82) is 0 Å². The van der Waals surface area contributed by atoms with Gasteiger partial charge in [-0.05, 0) is 42.2 Å². The van der Waals surface area contributed by atoms with Crippen LogP contribution in [0.2, 0.25) is 0 Å². The molecule has 2 heterocycles. The smallest absolute Gasteiger partial charge is 0.282 e. The highest BCUT2D eigenvalue weighted by Gasteiger charge is 2.39. The summed E-state index contributed by atoms with van der Waals surface area (Å²) in [6.07, 6.45) is 4.75. The van der Waals surface area contributed by atoms with E-state index in [0.29, 0.717) is 12.6 Å². The second-order valence-electron chi connectivity index (χ2n) is 5.84. The number of aliphatic imine (C=N–C) groups is 1. The van der Waals surface area contributed by atoms with E-state index in [-0.39, 0.29) is 5.54 Å². The molecule has 106 valence electrons. The average Bonchev–Trinajstić information content (AvgIpc) is 2.88. The summed E-state index contributed by atoms with van der Waals surface area (Å²) in [6, 6.07) is 12.9. The Morgan fingerprint density at radius 1 is 1.14 bits per heavy atom.